The molecule has 5 rings (SSSR count). The molecule has 4 aromatic rings. The summed E-state index contributed by atoms with van der Waals surface area (Å²) >= 11 is 0. The van der Waals surface area contributed by atoms with Crippen molar-refractivity contribution < 1.29 is 18.4 Å². The first-order valence-corrected chi connectivity index (χ1v) is 11.2. The van der Waals surface area contributed by atoms with Crippen LogP contribution in [0.4, 0.5) is 8.78 Å². The van der Waals surface area contributed by atoms with Crippen molar-refractivity contribution in [1.82, 2.24) is 30.2 Å². The minimum Gasteiger partial charge on any atom is -0.349 e. The van der Waals surface area contributed by atoms with E-state index in [0.717, 1.165) is 12.8 Å². The highest BCUT2D eigenvalue weighted by molar-refractivity contribution is 5.93. The van der Waals surface area contributed by atoms with Gasteiger partial charge in [0.15, 0.2) is 11.4 Å². The molecule has 2 aromatic carbocycles. The van der Waals surface area contributed by atoms with E-state index in [9.17, 15) is 18.4 Å². The molecule has 1 saturated carbocycles. The van der Waals surface area contributed by atoms with Crippen molar-refractivity contribution in [3.8, 4) is 11.4 Å². The van der Waals surface area contributed by atoms with E-state index in [1.807, 2.05) is 0 Å². The summed E-state index contributed by atoms with van der Waals surface area (Å²) in [6.45, 7) is 0.247. The number of carbonyl (C=O) groups excluding carboxylic acids is 2. The zero-order valence-corrected chi connectivity index (χ0v) is 18.6. The average Bonchev–Trinajstić information content (AvgIpc) is 3.37. The number of benzene rings is 2. The molecule has 1 atom stereocenters. The van der Waals surface area contributed by atoms with Gasteiger partial charge < -0.3 is 10.6 Å². The molecule has 0 spiro atoms. The fourth-order valence-corrected chi connectivity index (χ4v) is 3.74. The van der Waals surface area contributed by atoms with Crippen LogP contribution in [0.2, 0.25) is 0 Å². The quantitative estimate of drug-likeness (QED) is 0.408. The van der Waals surface area contributed by atoms with Crippen LogP contribution in [-0.2, 0) is 0 Å². The van der Waals surface area contributed by atoms with Crippen molar-refractivity contribution in [3.05, 3.63) is 96.1 Å². The van der Waals surface area contributed by atoms with Crippen LogP contribution < -0.4 is 10.6 Å². The number of rotatable bonds is 8. The molecule has 10 heteroatoms. The Kier molecular flexibility index (Phi) is 6.09. The Morgan fingerprint density at radius 2 is 1.29 bits per heavy atom. The van der Waals surface area contributed by atoms with Gasteiger partial charge in [-0.3, -0.25) is 9.59 Å². The number of hydrogen-bond acceptors (Lipinski definition) is 4. The largest absolute Gasteiger partial charge is 0.349 e. The summed E-state index contributed by atoms with van der Waals surface area (Å²) in [5.74, 6) is -1.15. The Morgan fingerprint density at radius 3 is 1.77 bits per heavy atom. The normalized spacial score (nSPS) is 13.9. The molecule has 35 heavy (non-hydrogen) atoms. The third-order valence-corrected chi connectivity index (χ3v) is 5.82. The number of carbonyl (C=O) groups is 2. The van der Waals surface area contributed by atoms with Crippen LogP contribution in [0.25, 0.3) is 11.4 Å². The molecule has 2 aromatic heterocycles. The van der Waals surface area contributed by atoms with Gasteiger partial charge in [-0.15, -0.1) is 0 Å². The summed E-state index contributed by atoms with van der Waals surface area (Å²) < 4.78 is 29.3. The van der Waals surface area contributed by atoms with Crippen molar-refractivity contribution in [2.45, 2.75) is 18.9 Å². The van der Waals surface area contributed by atoms with Crippen LogP contribution in [0.3, 0.4) is 0 Å². The lowest BCUT2D eigenvalue weighted by Gasteiger charge is -2.18. The molecular formula is C25H22F2N6O2. The molecular weight excluding hydrogens is 454 g/mol. The number of halogens is 2. The minimum atomic E-state index is -0.369. The highest BCUT2D eigenvalue weighted by Crippen LogP contribution is 2.32. The first-order valence-electron chi connectivity index (χ1n) is 11.2. The van der Waals surface area contributed by atoms with Crippen molar-refractivity contribution in [2.24, 2.45) is 5.92 Å². The SMILES string of the molecule is O=C(NCC(NC(=O)c1ccn(-c2ccc(F)cc2)n1)C1CC1)c1ccn(-c2ccc(F)cc2)n1. The molecule has 1 unspecified atom stereocenters. The zero-order chi connectivity index (χ0) is 24.4. The molecule has 2 amide bonds. The molecule has 2 N–H and O–H groups in total. The summed E-state index contributed by atoms with van der Waals surface area (Å²) in [7, 11) is 0. The van der Waals surface area contributed by atoms with Crippen LogP contribution in [0.1, 0.15) is 33.8 Å². The summed E-state index contributed by atoms with van der Waals surface area (Å²) in [5.41, 5.74) is 1.71. The van der Waals surface area contributed by atoms with Crippen molar-refractivity contribution in [2.75, 3.05) is 6.54 Å². The standard InChI is InChI=1S/C25H22F2N6O2/c26-17-3-7-19(8-4-17)32-13-11-21(30-32)24(34)28-15-23(16-1-2-16)29-25(35)22-12-14-33(31-22)20-9-5-18(27)6-10-20/h3-14,16,23H,1-2,15H2,(H,28,34)(H,29,35). The summed E-state index contributed by atoms with van der Waals surface area (Å²) in [6.07, 6.45) is 5.18. The number of aromatic nitrogens is 4. The first-order chi connectivity index (χ1) is 17.0. The van der Waals surface area contributed by atoms with E-state index < -0.39 is 0 Å². The van der Waals surface area contributed by atoms with Gasteiger partial charge >= 0.3 is 0 Å². The van der Waals surface area contributed by atoms with Crippen molar-refractivity contribution in [1.29, 1.82) is 0 Å². The molecule has 0 bridgehead atoms. The number of hydrogen-bond donors (Lipinski definition) is 2. The molecule has 0 aliphatic heterocycles. The Labute approximate surface area is 199 Å². The second-order valence-corrected chi connectivity index (χ2v) is 8.37. The van der Waals surface area contributed by atoms with Crippen LogP contribution in [0, 0.1) is 17.6 Å². The maximum Gasteiger partial charge on any atom is 0.272 e. The van der Waals surface area contributed by atoms with Gasteiger partial charge in [0.05, 0.1) is 11.4 Å². The van der Waals surface area contributed by atoms with Crippen LogP contribution in [-0.4, -0.2) is 44.0 Å². The van der Waals surface area contributed by atoms with E-state index in [4.69, 9.17) is 0 Å². The number of nitrogens with zero attached hydrogens (tertiary/aromatic N) is 4. The predicted molar refractivity (Wildman–Crippen MR) is 123 cm³/mol. The summed E-state index contributed by atoms with van der Waals surface area (Å²) in [4.78, 5) is 25.4. The van der Waals surface area contributed by atoms with Gasteiger partial charge in [-0.25, -0.2) is 18.1 Å². The second kappa shape index (κ2) is 9.49. The van der Waals surface area contributed by atoms with Gasteiger partial charge in [0, 0.05) is 25.0 Å². The molecule has 8 nitrogen and oxygen atoms in total. The number of amides is 2. The number of nitrogens with one attached hydrogen (secondary N) is 2. The van der Waals surface area contributed by atoms with Gasteiger partial charge in [-0.05, 0) is 79.4 Å². The lowest BCUT2D eigenvalue weighted by molar-refractivity contribution is 0.0898. The Morgan fingerprint density at radius 1 is 0.800 bits per heavy atom. The lowest BCUT2D eigenvalue weighted by atomic mass is 10.1. The molecule has 1 aliphatic carbocycles. The Balaban J connectivity index is 1.19. The molecule has 2 heterocycles. The molecule has 0 radical (unpaired) electrons. The molecule has 1 fully saturated rings. The summed E-state index contributed by atoms with van der Waals surface area (Å²) in [6, 6.07) is 14.5. The maximum absolute atomic E-state index is 13.1. The van der Waals surface area contributed by atoms with Crippen LogP contribution in [0.15, 0.2) is 73.1 Å². The van der Waals surface area contributed by atoms with Gasteiger partial charge in [0.2, 0.25) is 0 Å². The van der Waals surface area contributed by atoms with Crippen LogP contribution >= 0.6 is 0 Å². The highest BCUT2D eigenvalue weighted by atomic mass is 19.1. The van der Waals surface area contributed by atoms with E-state index in [0.29, 0.717) is 11.4 Å². The van der Waals surface area contributed by atoms with Gasteiger partial charge in [-0.2, -0.15) is 10.2 Å². The van der Waals surface area contributed by atoms with E-state index in [1.165, 1.54) is 33.6 Å². The third-order valence-electron chi connectivity index (χ3n) is 5.82. The third kappa shape index (κ3) is 5.26. The predicted octanol–water partition coefficient (Wildman–Crippen LogP) is 3.27. The van der Waals surface area contributed by atoms with Crippen molar-refractivity contribution in [3.63, 3.8) is 0 Å². The molecule has 1 aliphatic rings. The zero-order valence-electron chi connectivity index (χ0n) is 18.6. The van der Waals surface area contributed by atoms with E-state index >= 15 is 0 Å². The maximum atomic E-state index is 13.1. The lowest BCUT2D eigenvalue weighted by Crippen LogP contribution is -2.45. The van der Waals surface area contributed by atoms with Gasteiger partial charge in [0.1, 0.15) is 11.6 Å². The monoisotopic (exact) mass is 476 g/mol. The van der Waals surface area contributed by atoms with E-state index in [2.05, 4.69) is 20.8 Å². The average molecular weight is 476 g/mol. The van der Waals surface area contributed by atoms with Crippen LogP contribution in [0.5, 0.6) is 0 Å². The highest BCUT2D eigenvalue weighted by Gasteiger charge is 2.33. The van der Waals surface area contributed by atoms with E-state index in [1.54, 1.807) is 48.8 Å². The van der Waals surface area contributed by atoms with Gasteiger partial charge in [0.25, 0.3) is 11.8 Å². The molecule has 0 saturated heterocycles. The fourth-order valence-electron chi connectivity index (χ4n) is 3.74. The Bertz CT molecular complexity index is 1340. The second-order valence-electron chi connectivity index (χ2n) is 8.37. The van der Waals surface area contributed by atoms with E-state index in [-0.39, 0.29) is 53.3 Å². The van der Waals surface area contributed by atoms with Gasteiger partial charge in [-0.1, -0.05) is 0 Å². The minimum absolute atomic E-state index is 0.216. The topological polar surface area (TPSA) is 93.8 Å². The summed E-state index contributed by atoms with van der Waals surface area (Å²) in [5, 5.41) is 14.3. The Hall–Kier alpha value is -4.34. The smallest absolute Gasteiger partial charge is 0.272 e. The van der Waals surface area contributed by atoms with Crippen molar-refractivity contribution >= 4 is 11.8 Å². The fraction of sp³-hybridized carbons (Fsp3) is 0.200. The molecule has 178 valence electrons. The first kappa shape index (κ1) is 22.5.